The molecule has 32 heavy (non-hydrogen) atoms. The second-order valence-corrected chi connectivity index (χ2v) is 7.56. The predicted molar refractivity (Wildman–Crippen MR) is 127 cm³/mol. The fraction of sp³-hybridized carbons (Fsp3) is 0.400. The van der Waals surface area contributed by atoms with E-state index in [4.69, 9.17) is 0 Å². The highest BCUT2D eigenvalue weighted by molar-refractivity contribution is 5.86. The van der Waals surface area contributed by atoms with E-state index in [1.165, 1.54) is 32.4 Å². The number of carbonyl (C=O) groups excluding carboxylic acids is 2. The zero-order chi connectivity index (χ0) is 23.3. The summed E-state index contributed by atoms with van der Waals surface area (Å²) in [5.74, 6) is 0.699. The Morgan fingerprint density at radius 3 is 2.34 bits per heavy atom. The highest BCUT2D eigenvalue weighted by Gasteiger charge is 2.13. The highest BCUT2D eigenvalue weighted by atomic mass is 16.5. The lowest BCUT2D eigenvalue weighted by Crippen LogP contribution is -2.24. The molecule has 0 saturated carbocycles. The van der Waals surface area contributed by atoms with Crippen molar-refractivity contribution >= 4 is 23.6 Å². The number of ether oxygens (including phenoxy) is 1. The molecule has 7 heteroatoms. The second kappa shape index (κ2) is 13.4. The Morgan fingerprint density at radius 2 is 1.81 bits per heavy atom. The molecule has 3 aromatic rings. The van der Waals surface area contributed by atoms with Crippen molar-refractivity contribution in [1.82, 2.24) is 14.5 Å². The summed E-state index contributed by atoms with van der Waals surface area (Å²) >= 11 is 0. The minimum absolute atomic E-state index is 0.135. The van der Waals surface area contributed by atoms with E-state index in [2.05, 4.69) is 21.7 Å². The standard InChI is InChI=1S/C16H12N2O3.C6H13N.C3H8O/c19-7-6-16-17-14-8-11(10-20)4-5-15(14)18(16)12-2-1-3-13(21)9-12;1-7-5-3-2-4-6-7;1-3-4-2/h1-5,7-10,21H,6H2;2-6H2,1H3;3H2,1-2H3. The molecule has 0 unspecified atom stereocenters. The molecule has 4 rings (SSSR count). The van der Waals surface area contributed by atoms with Crippen LogP contribution in [0.2, 0.25) is 0 Å². The predicted octanol–water partition coefficient (Wildman–Crippen LogP) is 4.04. The zero-order valence-corrected chi connectivity index (χ0v) is 19.2. The smallest absolute Gasteiger partial charge is 0.150 e. The molecule has 1 aliphatic heterocycles. The summed E-state index contributed by atoms with van der Waals surface area (Å²) in [4.78, 5) is 28.5. The second-order valence-electron chi connectivity index (χ2n) is 7.56. The third-order valence-corrected chi connectivity index (χ3v) is 5.11. The number of phenolic OH excluding ortho intramolecular Hbond substituents is 1. The topological polar surface area (TPSA) is 84.7 Å². The molecule has 0 spiro atoms. The third kappa shape index (κ3) is 7.28. The van der Waals surface area contributed by atoms with Crippen molar-refractivity contribution in [2.45, 2.75) is 32.6 Å². The summed E-state index contributed by atoms with van der Waals surface area (Å²) in [6.07, 6.45) is 5.96. The molecular formula is C25H33N3O4. The number of methoxy groups -OCH3 is 1. The van der Waals surface area contributed by atoms with Crippen LogP contribution >= 0.6 is 0 Å². The number of imidazole rings is 1. The number of rotatable bonds is 5. The minimum atomic E-state index is 0.135. The molecule has 1 aromatic heterocycles. The van der Waals surface area contributed by atoms with Crippen LogP contribution in [0.1, 0.15) is 42.4 Å². The van der Waals surface area contributed by atoms with Gasteiger partial charge in [-0.05, 0) is 70.2 Å². The van der Waals surface area contributed by atoms with Gasteiger partial charge in [-0.2, -0.15) is 0 Å². The van der Waals surface area contributed by atoms with Crippen molar-refractivity contribution in [2.75, 3.05) is 33.9 Å². The quantitative estimate of drug-likeness (QED) is 0.604. The molecule has 0 aliphatic carbocycles. The number of piperidine rings is 1. The molecule has 1 N–H and O–H groups in total. The van der Waals surface area contributed by atoms with Crippen LogP contribution in [0.4, 0.5) is 0 Å². The summed E-state index contributed by atoms with van der Waals surface area (Å²) in [5, 5.41) is 9.64. The monoisotopic (exact) mass is 439 g/mol. The lowest BCUT2D eigenvalue weighted by Gasteiger charge is -2.20. The molecule has 1 fully saturated rings. The van der Waals surface area contributed by atoms with Gasteiger partial charge in [-0.3, -0.25) is 9.36 Å². The SMILES string of the molecule is CCOC.CN1CCCCC1.O=CCc1nc2cc(C=O)ccc2n1-c1cccc(O)c1. The van der Waals surface area contributed by atoms with Crippen molar-refractivity contribution in [3.05, 3.63) is 53.9 Å². The summed E-state index contributed by atoms with van der Waals surface area (Å²) in [6, 6.07) is 11.9. The molecule has 0 atom stereocenters. The number of aromatic hydroxyl groups is 1. The van der Waals surface area contributed by atoms with Gasteiger partial charge in [0.2, 0.25) is 0 Å². The summed E-state index contributed by atoms with van der Waals surface area (Å²) in [6.45, 7) is 5.42. The maximum Gasteiger partial charge on any atom is 0.150 e. The number of hydrogen-bond acceptors (Lipinski definition) is 6. The molecule has 2 heterocycles. The van der Waals surface area contributed by atoms with Crippen molar-refractivity contribution < 1.29 is 19.4 Å². The van der Waals surface area contributed by atoms with Gasteiger partial charge in [0.05, 0.1) is 23.1 Å². The van der Waals surface area contributed by atoms with Crippen molar-refractivity contribution in [3.8, 4) is 11.4 Å². The van der Waals surface area contributed by atoms with Crippen LogP contribution in [0.3, 0.4) is 0 Å². The van der Waals surface area contributed by atoms with Crippen LogP contribution in [-0.2, 0) is 16.0 Å². The number of phenols is 1. The number of benzene rings is 2. The first-order valence-electron chi connectivity index (χ1n) is 10.9. The van der Waals surface area contributed by atoms with Crippen molar-refractivity contribution in [1.29, 1.82) is 0 Å². The number of nitrogens with zero attached hydrogens (tertiary/aromatic N) is 3. The lowest BCUT2D eigenvalue weighted by molar-refractivity contribution is -0.107. The van der Waals surface area contributed by atoms with E-state index in [0.29, 0.717) is 22.6 Å². The Bertz CT molecular complexity index is 992. The van der Waals surface area contributed by atoms with Gasteiger partial charge in [-0.1, -0.05) is 12.5 Å². The Labute approximate surface area is 189 Å². The Kier molecular flexibility index (Phi) is 10.6. The maximum atomic E-state index is 10.9. The fourth-order valence-electron chi connectivity index (χ4n) is 3.40. The molecule has 0 radical (unpaired) electrons. The fourth-order valence-corrected chi connectivity index (χ4v) is 3.40. The van der Waals surface area contributed by atoms with Gasteiger partial charge < -0.3 is 19.5 Å². The van der Waals surface area contributed by atoms with E-state index in [1.807, 2.05) is 13.0 Å². The zero-order valence-electron chi connectivity index (χ0n) is 19.2. The van der Waals surface area contributed by atoms with Crippen molar-refractivity contribution in [3.63, 3.8) is 0 Å². The van der Waals surface area contributed by atoms with Crippen LogP contribution in [-0.4, -0.2) is 66.0 Å². The highest BCUT2D eigenvalue weighted by Crippen LogP contribution is 2.24. The normalized spacial score (nSPS) is 13.5. The Morgan fingerprint density at radius 1 is 1.09 bits per heavy atom. The first kappa shape index (κ1) is 25.2. The van der Waals surface area contributed by atoms with E-state index < -0.39 is 0 Å². The molecule has 1 aliphatic rings. The van der Waals surface area contributed by atoms with Crippen molar-refractivity contribution in [2.24, 2.45) is 0 Å². The minimum Gasteiger partial charge on any atom is -0.508 e. The van der Waals surface area contributed by atoms with Crippen LogP contribution in [0.15, 0.2) is 42.5 Å². The molecule has 2 aromatic carbocycles. The van der Waals surface area contributed by atoms with Gasteiger partial charge in [0.1, 0.15) is 24.1 Å². The first-order chi connectivity index (χ1) is 15.5. The van der Waals surface area contributed by atoms with Gasteiger partial charge in [0.25, 0.3) is 0 Å². The Hall–Kier alpha value is -3.03. The lowest BCUT2D eigenvalue weighted by atomic mass is 10.1. The van der Waals surface area contributed by atoms with Gasteiger partial charge in [-0.15, -0.1) is 0 Å². The average molecular weight is 440 g/mol. The van der Waals surface area contributed by atoms with E-state index in [-0.39, 0.29) is 12.2 Å². The largest absolute Gasteiger partial charge is 0.508 e. The Balaban J connectivity index is 0.000000273. The van der Waals surface area contributed by atoms with Gasteiger partial charge in [0, 0.05) is 25.3 Å². The first-order valence-corrected chi connectivity index (χ1v) is 10.9. The third-order valence-electron chi connectivity index (χ3n) is 5.11. The van der Waals surface area contributed by atoms with E-state index in [1.54, 1.807) is 48.1 Å². The van der Waals surface area contributed by atoms with Gasteiger partial charge >= 0.3 is 0 Å². The van der Waals surface area contributed by atoms with Crippen LogP contribution in [0.25, 0.3) is 16.7 Å². The van der Waals surface area contributed by atoms with Gasteiger partial charge in [0.15, 0.2) is 0 Å². The van der Waals surface area contributed by atoms with Crippen LogP contribution in [0, 0.1) is 0 Å². The van der Waals surface area contributed by atoms with E-state index >= 15 is 0 Å². The molecule has 1 saturated heterocycles. The van der Waals surface area contributed by atoms with E-state index in [9.17, 15) is 14.7 Å². The number of carbonyl (C=O) groups is 2. The maximum absolute atomic E-state index is 10.9. The average Bonchev–Trinajstić information content (AvgIpc) is 3.17. The summed E-state index contributed by atoms with van der Waals surface area (Å²) in [5.41, 5.74) is 2.66. The number of hydrogen-bond donors (Lipinski definition) is 1. The van der Waals surface area contributed by atoms with Gasteiger partial charge in [-0.25, -0.2) is 4.98 Å². The number of fused-ring (bicyclic) bond motifs is 1. The van der Waals surface area contributed by atoms with E-state index in [0.717, 1.165) is 24.7 Å². The molecule has 172 valence electrons. The van der Waals surface area contributed by atoms with Crippen LogP contribution in [0.5, 0.6) is 5.75 Å². The number of aromatic nitrogens is 2. The molecular weight excluding hydrogens is 406 g/mol. The summed E-state index contributed by atoms with van der Waals surface area (Å²) < 4.78 is 6.35. The number of aldehydes is 2. The molecule has 0 bridgehead atoms. The van der Waals surface area contributed by atoms with Crippen LogP contribution < -0.4 is 0 Å². The molecule has 7 nitrogen and oxygen atoms in total. The molecule has 0 amide bonds. The summed E-state index contributed by atoms with van der Waals surface area (Å²) in [7, 11) is 3.87. The number of likely N-dealkylation sites (tertiary alicyclic amines) is 1.